The summed E-state index contributed by atoms with van der Waals surface area (Å²) in [4.78, 5) is 8.04. The van der Waals surface area contributed by atoms with E-state index < -0.39 is 6.67 Å². The third-order valence-corrected chi connectivity index (χ3v) is 2.68. The molecule has 2 rings (SSSR count). The quantitative estimate of drug-likeness (QED) is 0.876. The lowest BCUT2D eigenvalue weighted by molar-refractivity contribution is 0.416. The molecule has 0 aliphatic heterocycles. The van der Waals surface area contributed by atoms with Gasteiger partial charge in [-0.1, -0.05) is 12.6 Å². The molecule has 0 saturated heterocycles. The number of halogens is 1. The van der Waals surface area contributed by atoms with Gasteiger partial charge in [0.05, 0.1) is 12.8 Å². The van der Waals surface area contributed by atoms with Crippen molar-refractivity contribution < 1.29 is 9.13 Å². The van der Waals surface area contributed by atoms with E-state index in [-0.39, 0.29) is 0 Å². The number of hydrogen-bond acceptors (Lipinski definition) is 5. The molecule has 1 aromatic carbocycles. The number of nitrogens with two attached hydrogens (primary N) is 1. The summed E-state index contributed by atoms with van der Waals surface area (Å²) in [5.74, 6) is 0.951. The number of rotatable bonds is 5. The molecular weight excluding hydrogens is 259 g/mol. The molecule has 0 radical (unpaired) electrons. The molecule has 104 valence electrons. The Hall–Kier alpha value is -2.63. The zero-order chi connectivity index (χ0) is 14.5. The third-order valence-electron chi connectivity index (χ3n) is 2.68. The van der Waals surface area contributed by atoms with Crippen molar-refractivity contribution in [3.05, 3.63) is 48.3 Å². The molecule has 1 aromatic heterocycles. The number of anilines is 2. The van der Waals surface area contributed by atoms with Crippen LogP contribution in [0.5, 0.6) is 5.75 Å². The lowest BCUT2D eigenvalue weighted by atomic mass is 10.1. The zero-order valence-corrected chi connectivity index (χ0v) is 11.1. The molecule has 0 saturated carbocycles. The van der Waals surface area contributed by atoms with Crippen LogP contribution in [0, 0.1) is 0 Å². The first-order chi connectivity index (χ1) is 9.63. The summed E-state index contributed by atoms with van der Waals surface area (Å²) in [5, 5.41) is 3.00. The van der Waals surface area contributed by atoms with Gasteiger partial charge < -0.3 is 15.8 Å². The molecule has 0 unspecified atom stereocenters. The first kappa shape index (κ1) is 13.8. The minimum absolute atomic E-state index is 0.361. The topological polar surface area (TPSA) is 73.1 Å². The smallest absolute Gasteiger partial charge is 0.227 e. The van der Waals surface area contributed by atoms with E-state index in [1.54, 1.807) is 19.2 Å². The molecule has 0 bridgehead atoms. The van der Waals surface area contributed by atoms with Crippen LogP contribution in [0.3, 0.4) is 0 Å². The van der Waals surface area contributed by atoms with Crippen molar-refractivity contribution in [1.82, 2.24) is 9.97 Å². The fourth-order valence-corrected chi connectivity index (χ4v) is 1.60. The maximum atomic E-state index is 12.4. The van der Waals surface area contributed by atoms with Crippen LogP contribution in [-0.2, 0) is 6.67 Å². The van der Waals surface area contributed by atoms with Crippen molar-refractivity contribution in [3.63, 3.8) is 0 Å². The summed E-state index contributed by atoms with van der Waals surface area (Å²) in [6.07, 6.45) is 2.86. The maximum Gasteiger partial charge on any atom is 0.227 e. The van der Waals surface area contributed by atoms with Crippen LogP contribution in [0.25, 0.3) is 5.70 Å². The lowest BCUT2D eigenvalue weighted by Crippen LogP contribution is -2.01. The second-order valence-electron chi connectivity index (χ2n) is 4.11. The fraction of sp³-hybridized carbons (Fsp3) is 0.143. The van der Waals surface area contributed by atoms with Crippen LogP contribution >= 0.6 is 0 Å². The van der Waals surface area contributed by atoms with Gasteiger partial charge in [0.15, 0.2) is 0 Å². The van der Waals surface area contributed by atoms with E-state index in [0.717, 1.165) is 5.56 Å². The third kappa shape index (κ3) is 3.03. The largest absolute Gasteiger partial charge is 0.495 e. The van der Waals surface area contributed by atoms with Gasteiger partial charge in [0.2, 0.25) is 5.95 Å². The summed E-state index contributed by atoms with van der Waals surface area (Å²) < 4.78 is 17.7. The Morgan fingerprint density at radius 2 is 2.10 bits per heavy atom. The normalized spacial score (nSPS) is 10.1. The van der Waals surface area contributed by atoms with Crippen molar-refractivity contribution in [1.29, 1.82) is 0 Å². The highest BCUT2D eigenvalue weighted by Gasteiger charge is 2.07. The molecule has 20 heavy (non-hydrogen) atoms. The number of methoxy groups -OCH3 is 1. The van der Waals surface area contributed by atoms with Crippen LogP contribution < -0.4 is 15.8 Å². The molecular formula is C14H15FN4O. The van der Waals surface area contributed by atoms with Gasteiger partial charge in [-0.25, -0.2) is 14.4 Å². The van der Waals surface area contributed by atoms with Gasteiger partial charge in [0, 0.05) is 29.2 Å². The van der Waals surface area contributed by atoms with Crippen molar-refractivity contribution in [2.24, 2.45) is 5.73 Å². The van der Waals surface area contributed by atoms with E-state index in [0.29, 0.717) is 28.6 Å². The van der Waals surface area contributed by atoms with Gasteiger partial charge >= 0.3 is 0 Å². The second-order valence-corrected chi connectivity index (χ2v) is 4.11. The number of nitrogens with one attached hydrogen (secondary N) is 1. The zero-order valence-electron chi connectivity index (χ0n) is 11.1. The van der Waals surface area contributed by atoms with Crippen molar-refractivity contribution in [2.45, 2.75) is 6.67 Å². The SMILES string of the molecule is C=C(N)c1ccc(Nc2ncc(CF)cn2)c(OC)c1. The van der Waals surface area contributed by atoms with Crippen LogP contribution in [0.15, 0.2) is 37.2 Å². The van der Waals surface area contributed by atoms with E-state index in [1.165, 1.54) is 12.4 Å². The number of ether oxygens (including phenoxy) is 1. The Labute approximate surface area is 116 Å². The predicted octanol–water partition coefficient (Wildman–Crippen LogP) is 2.63. The standard InChI is InChI=1S/C14H15FN4O/c1-9(16)11-3-4-12(13(5-11)20-2)19-14-17-7-10(6-15)8-18-14/h3-5,7-8H,1,6,16H2,2H3,(H,17,18,19). The fourth-order valence-electron chi connectivity index (χ4n) is 1.60. The summed E-state index contributed by atoms with van der Waals surface area (Å²) in [6, 6.07) is 5.36. The Bertz CT molecular complexity index is 613. The Morgan fingerprint density at radius 1 is 1.40 bits per heavy atom. The van der Waals surface area contributed by atoms with Gasteiger partial charge in [-0.15, -0.1) is 0 Å². The van der Waals surface area contributed by atoms with Gasteiger partial charge in [-0.05, 0) is 12.1 Å². The minimum Gasteiger partial charge on any atom is -0.495 e. The first-order valence-corrected chi connectivity index (χ1v) is 5.90. The molecule has 0 fully saturated rings. The van der Waals surface area contributed by atoms with Gasteiger partial charge in [-0.3, -0.25) is 0 Å². The second kappa shape index (κ2) is 6.01. The molecule has 3 N–H and O–H groups in total. The highest BCUT2D eigenvalue weighted by Crippen LogP contribution is 2.28. The van der Waals surface area contributed by atoms with Crippen LogP contribution in [-0.4, -0.2) is 17.1 Å². The molecule has 0 aliphatic rings. The molecule has 0 atom stereocenters. The maximum absolute atomic E-state index is 12.4. The van der Waals surface area contributed by atoms with E-state index in [9.17, 15) is 4.39 Å². The first-order valence-electron chi connectivity index (χ1n) is 5.90. The van der Waals surface area contributed by atoms with Crippen LogP contribution in [0.1, 0.15) is 11.1 Å². The van der Waals surface area contributed by atoms with Gasteiger partial charge in [0.1, 0.15) is 12.4 Å². The monoisotopic (exact) mass is 274 g/mol. The Balaban J connectivity index is 2.25. The summed E-state index contributed by atoms with van der Waals surface area (Å²) in [7, 11) is 1.55. The van der Waals surface area contributed by atoms with E-state index in [2.05, 4.69) is 21.9 Å². The molecule has 2 aromatic rings. The molecule has 0 aliphatic carbocycles. The average molecular weight is 274 g/mol. The summed E-state index contributed by atoms with van der Waals surface area (Å²) >= 11 is 0. The van der Waals surface area contributed by atoms with E-state index in [4.69, 9.17) is 10.5 Å². The van der Waals surface area contributed by atoms with Gasteiger partial charge in [0.25, 0.3) is 0 Å². The number of hydrogen-bond donors (Lipinski definition) is 2. The lowest BCUT2D eigenvalue weighted by Gasteiger charge is -2.11. The summed E-state index contributed by atoms with van der Waals surface area (Å²) in [6.45, 7) is 3.09. The highest BCUT2D eigenvalue weighted by molar-refractivity contribution is 5.70. The van der Waals surface area contributed by atoms with E-state index >= 15 is 0 Å². The Morgan fingerprint density at radius 3 is 2.65 bits per heavy atom. The minimum atomic E-state index is -0.586. The van der Waals surface area contributed by atoms with Gasteiger partial charge in [-0.2, -0.15) is 0 Å². The molecule has 6 heteroatoms. The van der Waals surface area contributed by atoms with Crippen LogP contribution in [0.2, 0.25) is 0 Å². The number of benzene rings is 1. The van der Waals surface area contributed by atoms with E-state index in [1.807, 2.05) is 6.07 Å². The number of nitrogens with zero attached hydrogens (tertiary/aromatic N) is 2. The molecule has 1 heterocycles. The highest BCUT2D eigenvalue weighted by atomic mass is 19.1. The van der Waals surface area contributed by atoms with Crippen molar-refractivity contribution in [3.8, 4) is 5.75 Å². The molecule has 5 nitrogen and oxygen atoms in total. The predicted molar refractivity (Wildman–Crippen MR) is 76.3 cm³/mol. The average Bonchev–Trinajstić information content (AvgIpc) is 2.48. The van der Waals surface area contributed by atoms with Crippen molar-refractivity contribution in [2.75, 3.05) is 12.4 Å². The summed E-state index contributed by atoms with van der Waals surface area (Å²) in [5.41, 5.74) is 7.99. The number of alkyl halides is 1. The molecule has 0 amide bonds. The van der Waals surface area contributed by atoms with Crippen LogP contribution in [0.4, 0.5) is 16.0 Å². The Kier molecular flexibility index (Phi) is 4.14. The van der Waals surface area contributed by atoms with Crippen molar-refractivity contribution >= 4 is 17.3 Å². The number of aromatic nitrogens is 2. The molecule has 0 spiro atoms.